The fraction of sp³-hybridized carbons (Fsp3) is 0.500. The van der Waals surface area contributed by atoms with Gasteiger partial charge in [0.1, 0.15) is 5.78 Å². The average Bonchev–Trinajstić information content (AvgIpc) is 2.84. The second-order valence-corrected chi connectivity index (χ2v) is 4.78. The van der Waals surface area contributed by atoms with Crippen LogP contribution >= 0.6 is 0 Å². The van der Waals surface area contributed by atoms with Gasteiger partial charge < -0.3 is 9.47 Å². The summed E-state index contributed by atoms with van der Waals surface area (Å²) >= 11 is 0. The van der Waals surface area contributed by atoms with E-state index in [4.69, 9.17) is 9.47 Å². The molecule has 6 heteroatoms. The molecule has 108 valence electrons. The van der Waals surface area contributed by atoms with Gasteiger partial charge in [-0.2, -0.15) is 0 Å². The number of carbonyl (C=O) groups is 1. The van der Waals surface area contributed by atoms with Gasteiger partial charge in [0.15, 0.2) is 11.5 Å². The molecular formula is C14H17NO5. The van der Waals surface area contributed by atoms with Crippen LogP contribution in [0.2, 0.25) is 0 Å². The maximum absolute atomic E-state index is 11.5. The highest BCUT2D eigenvalue weighted by Crippen LogP contribution is 2.32. The number of nitro groups is 1. The van der Waals surface area contributed by atoms with Gasteiger partial charge in [-0.25, -0.2) is 0 Å². The average molecular weight is 279 g/mol. The first-order valence-corrected chi connectivity index (χ1v) is 6.59. The molecule has 0 bridgehead atoms. The van der Waals surface area contributed by atoms with Crippen LogP contribution in [0.3, 0.4) is 0 Å². The smallest absolute Gasteiger partial charge is 0.273 e. The number of nitro benzene ring substituents is 1. The Morgan fingerprint density at radius 2 is 2.20 bits per heavy atom. The van der Waals surface area contributed by atoms with Gasteiger partial charge in [-0.3, -0.25) is 14.9 Å². The highest BCUT2D eigenvalue weighted by atomic mass is 16.6. The Bertz CT molecular complexity index is 514. The summed E-state index contributed by atoms with van der Waals surface area (Å²) in [7, 11) is 1.44. The fourth-order valence-corrected chi connectivity index (χ4v) is 2.39. The molecular weight excluding hydrogens is 262 g/mol. The van der Waals surface area contributed by atoms with Gasteiger partial charge in [0.25, 0.3) is 5.69 Å². The Morgan fingerprint density at radius 1 is 1.40 bits per heavy atom. The van der Waals surface area contributed by atoms with Gasteiger partial charge in [0.05, 0.1) is 24.7 Å². The lowest BCUT2D eigenvalue weighted by Gasteiger charge is -2.12. The number of Topliss-reactive ketones (excluding diaryl/α,β-unsaturated/α-hetero) is 1. The molecule has 20 heavy (non-hydrogen) atoms. The van der Waals surface area contributed by atoms with Crippen LogP contribution in [0.4, 0.5) is 5.69 Å². The van der Waals surface area contributed by atoms with E-state index in [9.17, 15) is 14.9 Å². The molecule has 0 radical (unpaired) electrons. The van der Waals surface area contributed by atoms with Crippen molar-refractivity contribution in [3.05, 3.63) is 28.3 Å². The fourth-order valence-electron chi connectivity index (χ4n) is 2.39. The molecule has 0 amide bonds. The summed E-state index contributed by atoms with van der Waals surface area (Å²) in [6, 6.07) is 4.22. The molecule has 6 nitrogen and oxygen atoms in total. The molecule has 1 saturated carbocycles. The zero-order valence-corrected chi connectivity index (χ0v) is 11.3. The predicted molar refractivity (Wildman–Crippen MR) is 72.1 cm³/mol. The standard InChI is InChI=1S/C14H17NO5/c1-19-14-9-11(15(17)18)5-6-13(14)20-8-7-10-3-2-4-12(10)16/h5-6,9-10H,2-4,7-8H2,1H3. The Kier molecular flexibility index (Phi) is 4.55. The van der Waals surface area contributed by atoms with E-state index in [0.29, 0.717) is 36.7 Å². The van der Waals surface area contributed by atoms with Crippen molar-refractivity contribution in [1.29, 1.82) is 0 Å². The summed E-state index contributed by atoms with van der Waals surface area (Å²) < 4.78 is 10.7. The Morgan fingerprint density at radius 3 is 2.80 bits per heavy atom. The zero-order chi connectivity index (χ0) is 14.5. The zero-order valence-electron chi connectivity index (χ0n) is 11.3. The maximum atomic E-state index is 11.5. The second-order valence-electron chi connectivity index (χ2n) is 4.78. The van der Waals surface area contributed by atoms with Crippen molar-refractivity contribution in [3.8, 4) is 11.5 Å². The molecule has 1 aromatic rings. The van der Waals surface area contributed by atoms with Crippen molar-refractivity contribution < 1.29 is 19.2 Å². The number of nitrogens with zero attached hydrogens (tertiary/aromatic N) is 1. The number of hydrogen-bond acceptors (Lipinski definition) is 5. The molecule has 0 spiro atoms. The van der Waals surface area contributed by atoms with E-state index in [0.717, 1.165) is 12.8 Å². The van der Waals surface area contributed by atoms with E-state index in [-0.39, 0.29) is 11.6 Å². The van der Waals surface area contributed by atoms with Gasteiger partial charge in [-0.05, 0) is 25.3 Å². The molecule has 0 heterocycles. The Labute approximate surface area is 116 Å². The second kappa shape index (κ2) is 6.36. The monoisotopic (exact) mass is 279 g/mol. The molecule has 0 saturated heterocycles. The van der Waals surface area contributed by atoms with E-state index in [1.165, 1.54) is 25.3 Å². The lowest BCUT2D eigenvalue weighted by atomic mass is 10.0. The lowest BCUT2D eigenvalue weighted by Crippen LogP contribution is -2.11. The third-order valence-corrected chi connectivity index (χ3v) is 3.51. The van der Waals surface area contributed by atoms with E-state index in [1.54, 1.807) is 0 Å². The number of hydrogen-bond donors (Lipinski definition) is 0. The molecule has 2 rings (SSSR count). The third kappa shape index (κ3) is 3.26. The topological polar surface area (TPSA) is 78.7 Å². The molecule has 0 N–H and O–H groups in total. The van der Waals surface area contributed by atoms with Gasteiger partial charge in [-0.15, -0.1) is 0 Å². The molecule has 1 aromatic carbocycles. The molecule has 1 fully saturated rings. The van der Waals surface area contributed by atoms with E-state index < -0.39 is 4.92 Å². The first-order chi connectivity index (χ1) is 9.61. The van der Waals surface area contributed by atoms with Crippen LogP contribution in [0, 0.1) is 16.0 Å². The van der Waals surface area contributed by atoms with Crippen LogP contribution in [-0.4, -0.2) is 24.4 Å². The van der Waals surface area contributed by atoms with E-state index in [2.05, 4.69) is 0 Å². The summed E-state index contributed by atoms with van der Waals surface area (Å²) in [4.78, 5) is 21.7. The Balaban J connectivity index is 1.95. The summed E-state index contributed by atoms with van der Waals surface area (Å²) in [6.45, 7) is 0.407. The van der Waals surface area contributed by atoms with Crippen molar-refractivity contribution in [3.63, 3.8) is 0 Å². The van der Waals surface area contributed by atoms with Crippen molar-refractivity contribution in [2.45, 2.75) is 25.7 Å². The summed E-state index contributed by atoms with van der Waals surface area (Å²) in [6.07, 6.45) is 3.24. The number of non-ortho nitro benzene ring substituents is 1. The lowest BCUT2D eigenvalue weighted by molar-refractivity contribution is -0.385. The number of methoxy groups -OCH3 is 1. The van der Waals surface area contributed by atoms with Crippen molar-refractivity contribution in [2.75, 3.05) is 13.7 Å². The van der Waals surface area contributed by atoms with Crippen LogP contribution in [0.5, 0.6) is 11.5 Å². The minimum Gasteiger partial charge on any atom is -0.493 e. The minimum absolute atomic E-state index is 0.0415. The highest BCUT2D eigenvalue weighted by molar-refractivity contribution is 5.82. The normalized spacial score (nSPS) is 18.1. The first-order valence-electron chi connectivity index (χ1n) is 6.59. The Hall–Kier alpha value is -2.11. The molecule has 0 aliphatic heterocycles. The quantitative estimate of drug-likeness (QED) is 0.591. The summed E-state index contributed by atoms with van der Waals surface area (Å²) in [5.74, 6) is 1.20. The van der Waals surface area contributed by atoms with Crippen LogP contribution in [0.25, 0.3) is 0 Å². The summed E-state index contributed by atoms with van der Waals surface area (Å²) in [5, 5.41) is 10.7. The number of carbonyl (C=O) groups excluding carboxylic acids is 1. The maximum Gasteiger partial charge on any atom is 0.273 e. The molecule has 1 aliphatic carbocycles. The largest absolute Gasteiger partial charge is 0.493 e. The molecule has 1 aliphatic rings. The minimum atomic E-state index is -0.483. The SMILES string of the molecule is COc1cc([N+](=O)[O-])ccc1OCCC1CCCC1=O. The predicted octanol–water partition coefficient (Wildman–Crippen LogP) is 2.74. The molecule has 1 unspecified atom stereocenters. The van der Waals surface area contributed by atoms with Gasteiger partial charge >= 0.3 is 0 Å². The first kappa shape index (κ1) is 14.3. The van der Waals surface area contributed by atoms with Crippen LogP contribution in [-0.2, 0) is 4.79 Å². The number of ketones is 1. The molecule has 1 atom stereocenters. The van der Waals surface area contributed by atoms with Crippen LogP contribution in [0.15, 0.2) is 18.2 Å². The molecule has 0 aromatic heterocycles. The van der Waals surface area contributed by atoms with Crippen molar-refractivity contribution >= 4 is 11.5 Å². The van der Waals surface area contributed by atoms with Crippen molar-refractivity contribution in [2.24, 2.45) is 5.92 Å². The van der Waals surface area contributed by atoms with E-state index >= 15 is 0 Å². The third-order valence-electron chi connectivity index (χ3n) is 3.51. The number of benzene rings is 1. The van der Waals surface area contributed by atoms with Gasteiger partial charge in [-0.1, -0.05) is 0 Å². The van der Waals surface area contributed by atoms with Gasteiger partial charge in [0.2, 0.25) is 0 Å². The van der Waals surface area contributed by atoms with Crippen LogP contribution in [0.1, 0.15) is 25.7 Å². The number of rotatable bonds is 6. The van der Waals surface area contributed by atoms with Crippen molar-refractivity contribution in [1.82, 2.24) is 0 Å². The van der Waals surface area contributed by atoms with Gasteiger partial charge in [0, 0.05) is 18.4 Å². The summed E-state index contributed by atoms with van der Waals surface area (Å²) in [5.41, 5.74) is -0.0415. The highest BCUT2D eigenvalue weighted by Gasteiger charge is 2.24. The number of ether oxygens (including phenoxy) is 2. The van der Waals surface area contributed by atoms with Crippen LogP contribution < -0.4 is 9.47 Å². The van der Waals surface area contributed by atoms with E-state index in [1.807, 2.05) is 0 Å².